The number of carbonyl (C=O) groups is 2. The van der Waals surface area contributed by atoms with Crippen molar-refractivity contribution in [3.63, 3.8) is 0 Å². The number of rotatable bonds is 10. The average molecular weight is 472 g/mol. The topological polar surface area (TPSA) is 79.5 Å². The van der Waals surface area contributed by atoms with Crippen LogP contribution >= 0.6 is 28.1 Å². The summed E-state index contributed by atoms with van der Waals surface area (Å²) in [4.78, 5) is 23.7. The SMILES string of the molecule is CCCCCCCC(=O)NC(=S)NNC(=O)COc1ccc(C(C)C)cc1Br. The summed E-state index contributed by atoms with van der Waals surface area (Å²) in [5.74, 6) is 0.425. The Morgan fingerprint density at radius 2 is 1.82 bits per heavy atom. The lowest BCUT2D eigenvalue weighted by Gasteiger charge is -2.13. The maximum absolute atomic E-state index is 11.9. The van der Waals surface area contributed by atoms with Crippen molar-refractivity contribution in [2.24, 2.45) is 0 Å². The molecule has 6 nitrogen and oxygen atoms in total. The van der Waals surface area contributed by atoms with Crippen molar-refractivity contribution >= 4 is 45.1 Å². The van der Waals surface area contributed by atoms with Crippen LogP contribution in [-0.2, 0) is 9.59 Å². The van der Waals surface area contributed by atoms with Gasteiger partial charge in [-0.25, -0.2) is 0 Å². The van der Waals surface area contributed by atoms with Crippen LogP contribution in [0.4, 0.5) is 0 Å². The first-order valence-electron chi connectivity index (χ1n) is 9.64. The third-order valence-electron chi connectivity index (χ3n) is 4.06. The van der Waals surface area contributed by atoms with Crippen LogP contribution in [0.2, 0.25) is 0 Å². The summed E-state index contributed by atoms with van der Waals surface area (Å²) in [5.41, 5.74) is 6.09. The molecule has 2 amide bonds. The average Bonchev–Trinajstić information content (AvgIpc) is 2.65. The van der Waals surface area contributed by atoms with Gasteiger partial charge in [-0.05, 0) is 58.2 Å². The van der Waals surface area contributed by atoms with Crippen molar-refractivity contribution in [1.82, 2.24) is 16.2 Å². The predicted octanol–water partition coefficient (Wildman–Crippen LogP) is 4.33. The maximum atomic E-state index is 11.9. The van der Waals surface area contributed by atoms with E-state index in [1.54, 1.807) is 0 Å². The van der Waals surface area contributed by atoms with Crippen LogP contribution in [0.3, 0.4) is 0 Å². The largest absolute Gasteiger partial charge is 0.483 e. The Balaban J connectivity index is 2.25. The zero-order chi connectivity index (χ0) is 20.9. The predicted molar refractivity (Wildman–Crippen MR) is 119 cm³/mol. The number of hydrogen-bond donors (Lipinski definition) is 3. The Bertz CT molecular complexity index is 668. The minimum atomic E-state index is -0.406. The normalized spacial score (nSPS) is 10.5. The molecule has 0 aliphatic heterocycles. The van der Waals surface area contributed by atoms with Crippen molar-refractivity contribution in [2.75, 3.05) is 6.61 Å². The highest BCUT2D eigenvalue weighted by Gasteiger charge is 2.09. The summed E-state index contributed by atoms with van der Waals surface area (Å²) in [6, 6.07) is 5.77. The summed E-state index contributed by atoms with van der Waals surface area (Å²) in [5, 5.41) is 2.61. The van der Waals surface area contributed by atoms with E-state index < -0.39 is 5.91 Å². The first-order chi connectivity index (χ1) is 13.3. The van der Waals surface area contributed by atoms with E-state index in [-0.39, 0.29) is 17.6 Å². The number of carbonyl (C=O) groups excluding carboxylic acids is 2. The first kappa shape index (κ1) is 24.4. The molecule has 0 aliphatic carbocycles. The van der Waals surface area contributed by atoms with Gasteiger partial charge in [0.15, 0.2) is 11.7 Å². The number of benzene rings is 1. The number of thiocarbonyl (C=S) groups is 1. The van der Waals surface area contributed by atoms with Gasteiger partial charge >= 0.3 is 0 Å². The van der Waals surface area contributed by atoms with E-state index in [1.165, 1.54) is 18.4 Å². The molecule has 156 valence electrons. The Morgan fingerprint density at radius 1 is 1.11 bits per heavy atom. The van der Waals surface area contributed by atoms with E-state index in [1.807, 2.05) is 18.2 Å². The third-order valence-corrected chi connectivity index (χ3v) is 4.88. The van der Waals surface area contributed by atoms with Crippen LogP contribution in [0.25, 0.3) is 0 Å². The van der Waals surface area contributed by atoms with E-state index >= 15 is 0 Å². The van der Waals surface area contributed by atoms with Gasteiger partial charge in [0, 0.05) is 6.42 Å². The van der Waals surface area contributed by atoms with Crippen LogP contribution in [0.15, 0.2) is 22.7 Å². The van der Waals surface area contributed by atoms with Crippen molar-refractivity contribution in [3.8, 4) is 5.75 Å². The van der Waals surface area contributed by atoms with Crippen molar-refractivity contribution in [2.45, 2.75) is 65.2 Å². The highest BCUT2D eigenvalue weighted by atomic mass is 79.9. The zero-order valence-corrected chi connectivity index (χ0v) is 19.2. The third kappa shape index (κ3) is 10.0. The summed E-state index contributed by atoms with van der Waals surface area (Å²) in [6.07, 6.45) is 5.78. The fourth-order valence-corrected chi connectivity index (χ4v) is 3.08. The Hall–Kier alpha value is -1.67. The maximum Gasteiger partial charge on any atom is 0.276 e. The molecule has 0 saturated heterocycles. The standard InChI is InChI=1S/C20H30BrN3O3S/c1-4-5-6-7-8-9-18(25)22-20(28)24-23-19(26)13-27-17-11-10-15(14(2)3)12-16(17)21/h10-12,14H,4-9,13H2,1-3H3,(H,23,26)(H2,22,24,25,28). The number of amides is 2. The minimum Gasteiger partial charge on any atom is -0.483 e. The van der Waals surface area contributed by atoms with Crippen molar-refractivity contribution < 1.29 is 14.3 Å². The Kier molecular flexibility index (Phi) is 11.7. The number of halogens is 1. The van der Waals surface area contributed by atoms with E-state index in [4.69, 9.17) is 17.0 Å². The summed E-state index contributed by atoms with van der Waals surface area (Å²) in [6.45, 7) is 6.18. The van der Waals surface area contributed by atoms with Gasteiger partial charge < -0.3 is 10.1 Å². The minimum absolute atomic E-state index is 0.0642. The molecule has 0 bridgehead atoms. The fourth-order valence-electron chi connectivity index (χ4n) is 2.41. The van der Waals surface area contributed by atoms with Crippen LogP contribution in [-0.4, -0.2) is 23.5 Å². The van der Waals surface area contributed by atoms with Gasteiger partial charge in [-0.3, -0.25) is 20.4 Å². The first-order valence-corrected chi connectivity index (χ1v) is 10.8. The monoisotopic (exact) mass is 471 g/mol. The summed E-state index contributed by atoms with van der Waals surface area (Å²) in [7, 11) is 0. The molecule has 0 saturated carbocycles. The second-order valence-electron chi connectivity index (χ2n) is 6.85. The lowest BCUT2D eigenvalue weighted by atomic mass is 10.0. The van der Waals surface area contributed by atoms with Crippen LogP contribution in [0, 0.1) is 0 Å². The molecule has 0 radical (unpaired) electrons. The van der Waals surface area contributed by atoms with Gasteiger partial charge in [0.1, 0.15) is 5.75 Å². The molecule has 28 heavy (non-hydrogen) atoms. The van der Waals surface area contributed by atoms with E-state index in [0.29, 0.717) is 18.1 Å². The quantitative estimate of drug-likeness (QED) is 0.268. The molecular formula is C20H30BrN3O3S. The van der Waals surface area contributed by atoms with Crippen LogP contribution in [0.1, 0.15) is 70.8 Å². The van der Waals surface area contributed by atoms with Gasteiger partial charge in [-0.2, -0.15) is 0 Å². The van der Waals surface area contributed by atoms with Crippen molar-refractivity contribution in [1.29, 1.82) is 0 Å². The molecule has 0 heterocycles. The summed E-state index contributed by atoms with van der Waals surface area (Å²) < 4.78 is 6.30. The molecule has 1 rings (SSSR count). The lowest BCUT2D eigenvalue weighted by molar-refractivity contribution is -0.124. The van der Waals surface area contributed by atoms with E-state index in [2.05, 4.69) is 52.9 Å². The highest BCUT2D eigenvalue weighted by Crippen LogP contribution is 2.28. The molecule has 0 fully saturated rings. The molecule has 3 N–H and O–H groups in total. The summed E-state index contributed by atoms with van der Waals surface area (Å²) >= 11 is 8.45. The second kappa shape index (κ2) is 13.5. The highest BCUT2D eigenvalue weighted by molar-refractivity contribution is 9.10. The molecule has 1 aromatic rings. The zero-order valence-electron chi connectivity index (χ0n) is 16.8. The molecule has 0 unspecified atom stereocenters. The molecule has 1 aromatic carbocycles. The smallest absolute Gasteiger partial charge is 0.276 e. The molecule has 0 aromatic heterocycles. The fraction of sp³-hybridized carbons (Fsp3) is 0.550. The number of unbranched alkanes of at least 4 members (excludes halogenated alkanes) is 4. The number of hydrogen-bond acceptors (Lipinski definition) is 4. The van der Waals surface area contributed by atoms with Crippen molar-refractivity contribution in [3.05, 3.63) is 28.2 Å². The van der Waals surface area contributed by atoms with Gasteiger partial charge in [0.2, 0.25) is 5.91 Å². The van der Waals surface area contributed by atoms with Gasteiger partial charge in [0.25, 0.3) is 5.91 Å². The molecule has 8 heteroatoms. The Labute approximate surface area is 181 Å². The lowest BCUT2D eigenvalue weighted by Crippen LogP contribution is -2.49. The molecule has 0 spiro atoms. The number of ether oxygens (including phenoxy) is 1. The molecular weight excluding hydrogens is 442 g/mol. The van der Waals surface area contributed by atoms with Crippen LogP contribution < -0.4 is 20.9 Å². The molecule has 0 aliphatic rings. The number of nitrogens with one attached hydrogen (secondary N) is 3. The second-order valence-corrected chi connectivity index (χ2v) is 8.11. The van der Waals surface area contributed by atoms with Gasteiger partial charge in [0.05, 0.1) is 4.47 Å². The van der Waals surface area contributed by atoms with Gasteiger partial charge in [-0.1, -0.05) is 52.5 Å². The van der Waals surface area contributed by atoms with E-state index in [9.17, 15) is 9.59 Å². The van der Waals surface area contributed by atoms with Crippen LogP contribution in [0.5, 0.6) is 5.75 Å². The van der Waals surface area contributed by atoms with E-state index in [0.717, 1.165) is 23.7 Å². The molecule has 0 atom stereocenters. The Morgan fingerprint density at radius 3 is 2.46 bits per heavy atom. The number of hydrazine groups is 1. The van der Waals surface area contributed by atoms with Gasteiger partial charge in [-0.15, -0.1) is 0 Å².